The number of nitrogens with two attached hydrogens (primary N) is 1. The Morgan fingerprint density at radius 2 is 2.11 bits per heavy atom. The summed E-state index contributed by atoms with van der Waals surface area (Å²) in [5.74, 6) is -0.261. The summed E-state index contributed by atoms with van der Waals surface area (Å²) in [7, 11) is 1.63. The highest BCUT2D eigenvalue weighted by Gasteiger charge is 2.23. The number of urea groups is 1. The molecule has 0 saturated heterocycles. The normalized spacial score (nSPS) is 10.1. The molecule has 1 aromatic rings. The Bertz CT molecular complexity index is 469. The summed E-state index contributed by atoms with van der Waals surface area (Å²) in [4.78, 5) is 15.0. The van der Waals surface area contributed by atoms with Crippen LogP contribution in [0.3, 0.4) is 0 Å². The Morgan fingerprint density at radius 3 is 2.58 bits per heavy atom. The summed E-state index contributed by atoms with van der Waals surface area (Å²) >= 11 is 6.13. The SMILES string of the molecule is CCCN(C(=N)N)C(=O)N(C)c1c(C)cccc1Cl. The molecule has 3 N–H and O–H groups in total. The van der Waals surface area contributed by atoms with Crippen LogP contribution in [-0.4, -0.2) is 30.5 Å². The monoisotopic (exact) mass is 282 g/mol. The second-order valence-electron chi connectivity index (χ2n) is 4.28. The van der Waals surface area contributed by atoms with Gasteiger partial charge in [0, 0.05) is 13.6 Å². The van der Waals surface area contributed by atoms with Gasteiger partial charge in [-0.05, 0) is 25.0 Å². The quantitative estimate of drug-likeness (QED) is 0.661. The molecule has 0 fully saturated rings. The van der Waals surface area contributed by atoms with Gasteiger partial charge in [0.1, 0.15) is 0 Å². The summed E-state index contributed by atoms with van der Waals surface area (Å²) in [5, 5.41) is 7.97. The average molecular weight is 283 g/mol. The van der Waals surface area contributed by atoms with Gasteiger partial charge >= 0.3 is 6.03 Å². The van der Waals surface area contributed by atoms with Crippen LogP contribution in [0, 0.1) is 12.3 Å². The number of anilines is 1. The number of para-hydroxylation sites is 1. The third-order valence-electron chi connectivity index (χ3n) is 2.78. The summed E-state index contributed by atoms with van der Waals surface area (Å²) in [6.45, 7) is 4.20. The number of benzene rings is 1. The van der Waals surface area contributed by atoms with Gasteiger partial charge in [0.15, 0.2) is 5.96 Å². The Morgan fingerprint density at radius 1 is 1.47 bits per heavy atom. The van der Waals surface area contributed by atoms with Crippen LogP contribution in [0.4, 0.5) is 10.5 Å². The molecular weight excluding hydrogens is 264 g/mol. The molecule has 0 aromatic heterocycles. The van der Waals surface area contributed by atoms with Gasteiger partial charge in [-0.1, -0.05) is 30.7 Å². The molecule has 0 spiro atoms. The first kappa shape index (κ1) is 15.3. The first-order chi connectivity index (χ1) is 8.90. The average Bonchev–Trinajstić information content (AvgIpc) is 2.34. The fourth-order valence-corrected chi connectivity index (χ4v) is 2.22. The van der Waals surface area contributed by atoms with Gasteiger partial charge < -0.3 is 5.73 Å². The van der Waals surface area contributed by atoms with E-state index in [1.54, 1.807) is 13.1 Å². The zero-order chi connectivity index (χ0) is 14.6. The summed E-state index contributed by atoms with van der Waals surface area (Å²) in [5.41, 5.74) is 6.97. The van der Waals surface area contributed by atoms with Crippen molar-refractivity contribution in [2.24, 2.45) is 5.73 Å². The van der Waals surface area contributed by atoms with Crippen molar-refractivity contribution in [3.63, 3.8) is 0 Å². The van der Waals surface area contributed by atoms with Crippen LogP contribution in [0.2, 0.25) is 5.02 Å². The van der Waals surface area contributed by atoms with Gasteiger partial charge in [-0.15, -0.1) is 0 Å². The van der Waals surface area contributed by atoms with E-state index in [0.29, 0.717) is 17.3 Å². The van der Waals surface area contributed by atoms with Crippen molar-refractivity contribution in [3.05, 3.63) is 28.8 Å². The smallest absolute Gasteiger partial charge is 0.331 e. The summed E-state index contributed by atoms with van der Waals surface area (Å²) < 4.78 is 0. The molecule has 19 heavy (non-hydrogen) atoms. The standard InChI is InChI=1S/C13H19ClN4O/c1-4-8-18(12(15)16)13(19)17(3)11-9(2)6-5-7-10(11)14/h5-7H,4,8H2,1-3H3,(H3,15,16). The molecule has 5 nitrogen and oxygen atoms in total. The molecule has 0 aliphatic carbocycles. The van der Waals surface area contributed by atoms with Crippen molar-refractivity contribution < 1.29 is 4.79 Å². The number of nitrogens with one attached hydrogen (secondary N) is 1. The van der Waals surface area contributed by atoms with Crippen molar-refractivity contribution >= 4 is 29.3 Å². The van der Waals surface area contributed by atoms with Gasteiger partial charge in [-0.25, -0.2) is 4.79 Å². The molecular formula is C13H19ClN4O. The minimum absolute atomic E-state index is 0.261. The zero-order valence-electron chi connectivity index (χ0n) is 11.4. The van der Waals surface area contributed by atoms with Crippen molar-refractivity contribution in [1.82, 2.24) is 4.90 Å². The molecule has 2 amide bonds. The van der Waals surface area contributed by atoms with E-state index in [2.05, 4.69) is 0 Å². The number of guanidine groups is 1. The van der Waals surface area contributed by atoms with Crippen molar-refractivity contribution in [2.75, 3.05) is 18.5 Å². The van der Waals surface area contributed by atoms with E-state index in [1.807, 2.05) is 26.0 Å². The van der Waals surface area contributed by atoms with Crippen LogP contribution in [0.1, 0.15) is 18.9 Å². The largest absolute Gasteiger partial charge is 0.370 e. The van der Waals surface area contributed by atoms with Crippen LogP contribution >= 0.6 is 11.6 Å². The van der Waals surface area contributed by atoms with E-state index in [0.717, 1.165) is 12.0 Å². The maximum absolute atomic E-state index is 12.4. The lowest BCUT2D eigenvalue weighted by Gasteiger charge is -2.28. The van der Waals surface area contributed by atoms with E-state index in [4.69, 9.17) is 22.7 Å². The maximum atomic E-state index is 12.4. The number of carbonyl (C=O) groups is 1. The van der Waals surface area contributed by atoms with Crippen LogP contribution < -0.4 is 10.6 Å². The highest BCUT2D eigenvalue weighted by atomic mass is 35.5. The molecule has 0 bridgehead atoms. The highest BCUT2D eigenvalue weighted by molar-refractivity contribution is 6.34. The second kappa shape index (κ2) is 6.43. The van der Waals surface area contributed by atoms with E-state index in [9.17, 15) is 4.79 Å². The van der Waals surface area contributed by atoms with Crippen LogP contribution in [0.25, 0.3) is 0 Å². The lowest BCUT2D eigenvalue weighted by Crippen LogP contribution is -2.48. The molecule has 0 unspecified atom stereocenters. The zero-order valence-corrected chi connectivity index (χ0v) is 12.2. The second-order valence-corrected chi connectivity index (χ2v) is 4.69. The number of carbonyl (C=O) groups excluding carboxylic acids is 1. The first-order valence-electron chi connectivity index (χ1n) is 6.04. The van der Waals surface area contributed by atoms with Gasteiger partial charge in [-0.3, -0.25) is 15.2 Å². The summed E-state index contributed by atoms with van der Waals surface area (Å²) in [6.07, 6.45) is 0.723. The number of aryl methyl sites for hydroxylation is 1. The molecule has 0 saturated carbocycles. The number of rotatable bonds is 3. The fourth-order valence-electron chi connectivity index (χ4n) is 1.87. The van der Waals surface area contributed by atoms with Crippen molar-refractivity contribution in [2.45, 2.75) is 20.3 Å². The number of nitrogens with zero attached hydrogens (tertiary/aromatic N) is 2. The first-order valence-corrected chi connectivity index (χ1v) is 6.42. The van der Waals surface area contributed by atoms with Crippen molar-refractivity contribution in [3.8, 4) is 0 Å². The molecule has 1 aromatic carbocycles. The minimum Gasteiger partial charge on any atom is -0.370 e. The van der Waals surface area contributed by atoms with E-state index in [-0.39, 0.29) is 12.0 Å². The highest BCUT2D eigenvalue weighted by Crippen LogP contribution is 2.29. The van der Waals surface area contributed by atoms with E-state index >= 15 is 0 Å². The van der Waals surface area contributed by atoms with Crippen LogP contribution in [0.5, 0.6) is 0 Å². The summed E-state index contributed by atoms with van der Waals surface area (Å²) in [6, 6.07) is 5.08. The topological polar surface area (TPSA) is 73.4 Å². The molecule has 104 valence electrons. The predicted molar refractivity (Wildman–Crippen MR) is 78.9 cm³/mol. The minimum atomic E-state index is -0.356. The molecule has 0 atom stereocenters. The Balaban J connectivity index is 3.08. The molecule has 1 rings (SSSR count). The lowest BCUT2D eigenvalue weighted by atomic mass is 10.2. The van der Waals surface area contributed by atoms with Crippen LogP contribution in [-0.2, 0) is 0 Å². The lowest BCUT2D eigenvalue weighted by molar-refractivity contribution is 0.227. The number of halogens is 1. The van der Waals surface area contributed by atoms with E-state index < -0.39 is 0 Å². The molecule has 0 radical (unpaired) electrons. The number of amides is 2. The number of hydrogen-bond acceptors (Lipinski definition) is 2. The molecule has 0 heterocycles. The molecule has 0 aliphatic rings. The van der Waals surface area contributed by atoms with Crippen LogP contribution in [0.15, 0.2) is 18.2 Å². The Kier molecular flexibility index (Phi) is 5.18. The van der Waals surface area contributed by atoms with Gasteiger partial charge in [-0.2, -0.15) is 0 Å². The van der Waals surface area contributed by atoms with Gasteiger partial charge in [0.05, 0.1) is 10.7 Å². The Labute approximate surface area is 118 Å². The number of hydrogen-bond donors (Lipinski definition) is 2. The van der Waals surface area contributed by atoms with Crippen molar-refractivity contribution in [1.29, 1.82) is 5.41 Å². The van der Waals surface area contributed by atoms with Gasteiger partial charge in [0.25, 0.3) is 0 Å². The van der Waals surface area contributed by atoms with E-state index in [1.165, 1.54) is 9.80 Å². The maximum Gasteiger partial charge on any atom is 0.331 e. The predicted octanol–water partition coefficient (Wildman–Crippen LogP) is 2.81. The Hall–Kier alpha value is -1.75. The molecule has 6 heteroatoms. The van der Waals surface area contributed by atoms with Gasteiger partial charge in [0.2, 0.25) is 0 Å². The fraction of sp³-hybridized carbons (Fsp3) is 0.385. The molecule has 0 aliphatic heterocycles. The third-order valence-corrected chi connectivity index (χ3v) is 3.08. The third kappa shape index (κ3) is 3.38.